The van der Waals surface area contributed by atoms with Crippen molar-refractivity contribution < 1.29 is 24.1 Å². The molecule has 0 radical (unpaired) electrons. The van der Waals surface area contributed by atoms with Crippen LogP contribution in [0.3, 0.4) is 0 Å². The lowest BCUT2D eigenvalue weighted by atomic mass is 9.50. The standard InChI is InChI=1S/C23H31ClO5S2/c1-12(2)22(26)18(24)9-17-21(3)5-4-13-14(11-28-16(13)10-25)15(21)8-19-23(17,29-19)20(22)27-6-7-31-30/h9,11-12,15,18-20,25-26,30H,4-8,10H2,1-3H3. The molecule has 2 fully saturated rings. The summed E-state index contributed by atoms with van der Waals surface area (Å²) in [5.41, 5.74) is 1.49. The van der Waals surface area contributed by atoms with Crippen LogP contribution in [0, 0.1) is 11.3 Å². The van der Waals surface area contributed by atoms with Gasteiger partial charge < -0.3 is 24.1 Å². The predicted molar refractivity (Wildman–Crippen MR) is 125 cm³/mol. The van der Waals surface area contributed by atoms with E-state index in [1.807, 2.05) is 20.1 Å². The molecule has 31 heavy (non-hydrogen) atoms. The Morgan fingerprint density at radius 3 is 2.87 bits per heavy atom. The SMILES string of the molecule is CC(C)C1(O)C(Cl)C=C2C3(C)CCc4c(coc4CO)C3CC3OC23C1OCCSS. The van der Waals surface area contributed by atoms with Gasteiger partial charge in [-0.25, -0.2) is 0 Å². The Labute approximate surface area is 197 Å². The highest BCUT2D eigenvalue weighted by molar-refractivity contribution is 8.68. The summed E-state index contributed by atoms with van der Waals surface area (Å²) in [4.78, 5) is 0. The molecule has 5 rings (SSSR count). The Bertz CT molecular complexity index is 903. The summed E-state index contributed by atoms with van der Waals surface area (Å²) in [7, 11) is 1.42. The van der Waals surface area contributed by atoms with Gasteiger partial charge >= 0.3 is 0 Å². The summed E-state index contributed by atoms with van der Waals surface area (Å²) in [6.07, 6.45) is 5.94. The highest BCUT2D eigenvalue weighted by Gasteiger charge is 2.78. The van der Waals surface area contributed by atoms with Gasteiger partial charge in [-0.05, 0) is 53.2 Å². The second-order valence-corrected chi connectivity index (χ2v) is 11.9. The van der Waals surface area contributed by atoms with Gasteiger partial charge in [0.05, 0.1) is 24.4 Å². The maximum absolute atomic E-state index is 11.8. The van der Waals surface area contributed by atoms with Crippen LogP contribution in [0.2, 0.25) is 0 Å². The molecule has 0 bridgehead atoms. The molecule has 1 saturated heterocycles. The van der Waals surface area contributed by atoms with Gasteiger partial charge in [0.2, 0.25) is 0 Å². The summed E-state index contributed by atoms with van der Waals surface area (Å²) >= 11 is 11.1. The van der Waals surface area contributed by atoms with Gasteiger partial charge in [-0.1, -0.05) is 37.6 Å². The average molecular weight is 487 g/mol. The van der Waals surface area contributed by atoms with Gasteiger partial charge in [0.25, 0.3) is 0 Å². The summed E-state index contributed by atoms with van der Waals surface area (Å²) in [6, 6.07) is 0. The molecule has 5 nitrogen and oxygen atoms in total. The number of ether oxygens (including phenoxy) is 2. The first-order chi connectivity index (χ1) is 14.7. The van der Waals surface area contributed by atoms with Crippen molar-refractivity contribution in [3.63, 3.8) is 0 Å². The number of alkyl halides is 1. The normalized spacial score (nSPS) is 43.0. The Morgan fingerprint density at radius 1 is 1.42 bits per heavy atom. The molecule has 1 aromatic rings. The smallest absolute Gasteiger partial charge is 0.145 e. The fourth-order valence-corrected chi connectivity index (χ4v) is 7.51. The lowest BCUT2D eigenvalue weighted by Crippen LogP contribution is -2.66. The fraction of sp³-hybridized carbons (Fsp3) is 0.739. The lowest BCUT2D eigenvalue weighted by molar-refractivity contribution is -0.159. The topological polar surface area (TPSA) is 75.4 Å². The van der Waals surface area contributed by atoms with E-state index in [2.05, 4.69) is 24.7 Å². The van der Waals surface area contributed by atoms with Gasteiger partial charge in [0, 0.05) is 5.75 Å². The molecule has 8 heteroatoms. The lowest BCUT2D eigenvalue weighted by Gasteiger charge is -2.55. The molecule has 1 aliphatic heterocycles. The van der Waals surface area contributed by atoms with Crippen molar-refractivity contribution in [1.82, 2.24) is 0 Å². The number of aliphatic hydroxyl groups is 2. The Hall–Kier alpha value is -0.150. The Kier molecular flexibility index (Phi) is 5.61. The van der Waals surface area contributed by atoms with Crippen molar-refractivity contribution in [1.29, 1.82) is 0 Å². The average Bonchev–Trinajstić information content (AvgIpc) is 3.29. The van der Waals surface area contributed by atoms with Crippen LogP contribution in [-0.2, 0) is 22.5 Å². The number of hydrogen-bond donors (Lipinski definition) is 3. The molecule has 2 N–H and O–H groups in total. The molecule has 1 spiro atoms. The molecule has 7 atom stereocenters. The third-order valence-electron chi connectivity index (χ3n) is 8.39. The molecular weight excluding hydrogens is 456 g/mol. The van der Waals surface area contributed by atoms with Crippen LogP contribution < -0.4 is 0 Å². The number of thiol groups is 1. The summed E-state index contributed by atoms with van der Waals surface area (Å²) in [5.74, 6) is 1.54. The highest BCUT2D eigenvalue weighted by Crippen LogP contribution is 2.70. The van der Waals surface area contributed by atoms with E-state index in [1.165, 1.54) is 21.9 Å². The second-order valence-electron chi connectivity index (χ2n) is 9.96. The van der Waals surface area contributed by atoms with Crippen molar-refractivity contribution >= 4 is 34.1 Å². The van der Waals surface area contributed by atoms with Crippen LogP contribution in [0.1, 0.15) is 56.4 Å². The largest absolute Gasteiger partial charge is 0.466 e. The molecule has 2 heterocycles. The van der Waals surface area contributed by atoms with Gasteiger partial charge in [0.1, 0.15) is 29.7 Å². The van der Waals surface area contributed by atoms with Gasteiger partial charge in [0.15, 0.2) is 0 Å². The maximum atomic E-state index is 11.8. The number of aliphatic hydroxyl groups excluding tert-OH is 1. The van der Waals surface area contributed by atoms with Crippen LogP contribution in [0.15, 0.2) is 22.3 Å². The number of epoxide rings is 1. The highest BCUT2D eigenvalue weighted by atomic mass is 35.5. The number of furan rings is 1. The monoisotopic (exact) mass is 486 g/mol. The van der Waals surface area contributed by atoms with E-state index in [9.17, 15) is 10.2 Å². The first-order valence-electron chi connectivity index (χ1n) is 11.1. The van der Waals surface area contributed by atoms with Crippen molar-refractivity contribution in [2.24, 2.45) is 11.3 Å². The molecular formula is C23H31ClO5S2. The van der Waals surface area contributed by atoms with E-state index in [-0.39, 0.29) is 30.0 Å². The first kappa shape index (κ1) is 22.6. The van der Waals surface area contributed by atoms with Crippen molar-refractivity contribution in [2.75, 3.05) is 12.4 Å². The molecule has 0 aromatic carbocycles. The van der Waals surface area contributed by atoms with E-state index in [0.29, 0.717) is 12.4 Å². The molecule has 1 aromatic heterocycles. The number of fused-ring (bicyclic) bond motifs is 4. The number of halogens is 1. The minimum absolute atomic E-state index is 0.0293. The number of hydrogen-bond acceptors (Lipinski definition) is 7. The summed E-state index contributed by atoms with van der Waals surface area (Å²) in [5, 5.41) is 20.9. The molecule has 0 amide bonds. The van der Waals surface area contributed by atoms with E-state index < -0.39 is 22.7 Å². The van der Waals surface area contributed by atoms with Crippen LogP contribution >= 0.6 is 34.1 Å². The maximum Gasteiger partial charge on any atom is 0.145 e. The quantitative estimate of drug-likeness (QED) is 0.139. The van der Waals surface area contributed by atoms with Crippen LogP contribution in [0.4, 0.5) is 0 Å². The number of rotatable bonds is 6. The molecule has 4 aliphatic rings. The Balaban J connectivity index is 1.59. The van der Waals surface area contributed by atoms with Crippen molar-refractivity contribution in [2.45, 2.75) is 81.3 Å². The van der Waals surface area contributed by atoms with Gasteiger partial charge in [-0.15, -0.1) is 23.3 Å². The zero-order valence-corrected chi connectivity index (χ0v) is 20.6. The zero-order chi connectivity index (χ0) is 22.2. The van der Waals surface area contributed by atoms with E-state index in [4.69, 9.17) is 25.5 Å². The van der Waals surface area contributed by atoms with Gasteiger partial charge in [-0.3, -0.25) is 0 Å². The minimum Gasteiger partial charge on any atom is -0.466 e. The third-order valence-corrected chi connectivity index (χ3v) is 9.76. The van der Waals surface area contributed by atoms with Gasteiger partial charge in [-0.2, -0.15) is 0 Å². The molecule has 172 valence electrons. The summed E-state index contributed by atoms with van der Waals surface area (Å²) in [6.45, 7) is 6.69. The van der Waals surface area contributed by atoms with Crippen LogP contribution in [0.25, 0.3) is 0 Å². The predicted octanol–water partition coefficient (Wildman–Crippen LogP) is 4.25. The Morgan fingerprint density at radius 2 is 2.19 bits per heavy atom. The molecule has 3 aliphatic carbocycles. The minimum atomic E-state index is -1.22. The van der Waals surface area contributed by atoms with E-state index in [0.717, 1.165) is 30.6 Å². The van der Waals surface area contributed by atoms with Crippen molar-refractivity contribution in [3.8, 4) is 0 Å². The molecule has 7 unspecified atom stereocenters. The second kappa shape index (κ2) is 7.69. The summed E-state index contributed by atoms with van der Waals surface area (Å²) < 4.78 is 18.6. The van der Waals surface area contributed by atoms with Crippen LogP contribution in [0.5, 0.6) is 0 Å². The van der Waals surface area contributed by atoms with Crippen molar-refractivity contribution in [3.05, 3.63) is 34.8 Å². The fourth-order valence-electron chi connectivity index (χ4n) is 6.62. The third kappa shape index (κ3) is 2.93. The zero-order valence-electron chi connectivity index (χ0n) is 18.1. The van der Waals surface area contributed by atoms with E-state index >= 15 is 0 Å². The van der Waals surface area contributed by atoms with Crippen LogP contribution in [-0.4, -0.2) is 51.4 Å². The van der Waals surface area contributed by atoms with E-state index in [1.54, 1.807) is 0 Å². The first-order valence-corrected chi connectivity index (χ1v) is 13.6. The molecule has 1 saturated carbocycles.